The number of hydrogen-bond donors (Lipinski definition) is 1. The highest BCUT2D eigenvalue weighted by Gasteiger charge is 2.30. The molecule has 2 rings (SSSR count). The van der Waals surface area contributed by atoms with Gasteiger partial charge in [0.05, 0.1) is 18.8 Å². The van der Waals surface area contributed by atoms with Gasteiger partial charge in [-0.15, -0.1) is 0 Å². The third kappa shape index (κ3) is 3.62. The Kier molecular flexibility index (Phi) is 5.14. The molecule has 1 aromatic rings. The lowest BCUT2D eigenvalue weighted by atomic mass is 9.88. The molecule has 0 radical (unpaired) electrons. The second kappa shape index (κ2) is 6.71. The molecule has 0 bridgehead atoms. The van der Waals surface area contributed by atoms with Crippen LogP contribution in [0.1, 0.15) is 76.6 Å². The van der Waals surface area contributed by atoms with E-state index in [0.29, 0.717) is 12.5 Å². The molecule has 5 nitrogen and oxygen atoms in total. The maximum atomic E-state index is 11.0. The van der Waals surface area contributed by atoms with Crippen LogP contribution in [0.4, 0.5) is 0 Å². The van der Waals surface area contributed by atoms with Crippen molar-refractivity contribution in [1.29, 1.82) is 0 Å². The summed E-state index contributed by atoms with van der Waals surface area (Å²) < 4.78 is 7.67. The molecule has 124 valence electrons. The summed E-state index contributed by atoms with van der Waals surface area (Å²) >= 11 is 0. The third-order valence-corrected chi connectivity index (χ3v) is 4.37. The van der Waals surface area contributed by atoms with Crippen LogP contribution >= 0.6 is 0 Å². The summed E-state index contributed by atoms with van der Waals surface area (Å²) in [6.07, 6.45) is 6.57. The van der Waals surface area contributed by atoms with Gasteiger partial charge in [-0.25, -0.2) is 4.68 Å². The topological polar surface area (TPSA) is 64.3 Å². The summed E-state index contributed by atoms with van der Waals surface area (Å²) in [4.78, 5) is 11.0. The van der Waals surface area contributed by atoms with Gasteiger partial charge in [0.2, 0.25) is 5.88 Å². The molecule has 0 spiro atoms. The molecule has 1 aromatic heterocycles. The fourth-order valence-electron chi connectivity index (χ4n) is 3.30. The van der Waals surface area contributed by atoms with E-state index in [1.165, 1.54) is 19.3 Å². The Labute approximate surface area is 132 Å². The molecule has 1 fully saturated rings. The van der Waals surface area contributed by atoms with Crippen molar-refractivity contribution in [3.63, 3.8) is 0 Å². The Bertz CT molecular complexity index is 523. The number of methoxy groups -OCH3 is 1. The summed E-state index contributed by atoms with van der Waals surface area (Å²) in [5.74, 6) is -0.0228. The van der Waals surface area contributed by atoms with E-state index in [-0.39, 0.29) is 11.8 Å². The molecule has 22 heavy (non-hydrogen) atoms. The molecule has 0 unspecified atom stereocenters. The number of carbonyl (C=O) groups is 1. The van der Waals surface area contributed by atoms with Crippen molar-refractivity contribution in [2.75, 3.05) is 7.11 Å². The number of rotatable bonds is 5. The molecule has 0 amide bonds. The van der Waals surface area contributed by atoms with Gasteiger partial charge in [0.15, 0.2) is 0 Å². The van der Waals surface area contributed by atoms with E-state index in [2.05, 4.69) is 20.8 Å². The third-order valence-electron chi connectivity index (χ3n) is 4.37. The highest BCUT2D eigenvalue weighted by molar-refractivity contribution is 5.67. The van der Waals surface area contributed by atoms with E-state index in [4.69, 9.17) is 14.9 Å². The van der Waals surface area contributed by atoms with Crippen LogP contribution in [0, 0.1) is 0 Å². The van der Waals surface area contributed by atoms with Crippen molar-refractivity contribution in [2.45, 2.75) is 77.2 Å². The smallest absolute Gasteiger partial charge is 0.303 e. The summed E-state index contributed by atoms with van der Waals surface area (Å²) in [6.45, 7) is 6.35. The Hall–Kier alpha value is -1.52. The summed E-state index contributed by atoms with van der Waals surface area (Å²) in [6, 6.07) is 0.378. The van der Waals surface area contributed by atoms with E-state index >= 15 is 0 Å². The molecule has 0 saturated heterocycles. The maximum Gasteiger partial charge on any atom is 0.303 e. The minimum atomic E-state index is -0.785. The van der Waals surface area contributed by atoms with Gasteiger partial charge in [0, 0.05) is 17.4 Å². The fraction of sp³-hybridized carbons (Fsp3) is 0.765. The highest BCUT2D eigenvalue weighted by Crippen LogP contribution is 2.38. The van der Waals surface area contributed by atoms with Gasteiger partial charge in [0.25, 0.3) is 0 Å². The minimum Gasteiger partial charge on any atom is -0.481 e. The van der Waals surface area contributed by atoms with Crippen LogP contribution in [-0.4, -0.2) is 28.0 Å². The predicted molar refractivity (Wildman–Crippen MR) is 85.6 cm³/mol. The van der Waals surface area contributed by atoms with E-state index in [1.54, 1.807) is 7.11 Å². The number of ether oxygens (including phenoxy) is 1. The Morgan fingerprint density at radius 1 is 1.32 bits per heavy atom. The molecular formula is C17H28N2O3. The van der Waals surface area contributed by atoms with Crippen molar-refractivity contribution in [1.82, 2.24) is 9.78 Å². The average Bonchev–Trinajstić information content (AvgIpc) is 2.84. The second-order valence-electron chi connectivity index (χ2n) is 7.22. The molecule has 0 aliphatic heterocycles. The Balaban J connectivity index is 2.43. The van der Waals surface area contributed by atoms with Crippen LogP contribution in [0.25, 0.3) is 0 Å². The number of carboxylic acids is 1. The first-order chi connectivity index (χ1) is 10.3. The van der Waals surface area contributed by atoms with Crippen molar-refractivity contribution in [2.24, 2.45) is 0 Å². The highest BCUT2D eigenvalue weighted by atomic mass is 16.5. The van der Waals surface area contributed by atoms with Crippen molar-refractivity contribution < 1.29 is 14.6 Å². The number of hydrogen-bond acceptors (Lipinski definition) is 3. The van der Waals surface area contributed by atoms with Crippen LogP contribution in [0.5, 0.6) is 5.88 Å². The molecule has 0 aromatic carbocycles. The van der Waals surface area contributed by atoms with E-state index in [0.717, 1.165) is 30.0 Å². The molecular weight excluding hydrogens is 280 g/mol. The fourth-order valence-corrected chi connectivity index (χ4v) is 3.30. The first kappa shape index (κ1) is 16.8. The Morgan fingerprint density at radius 2 is 1.95 bits per heavy atom. The summed E-state index contributed by atoms with van der Waals surface area (Å²) in [7, 11) is 1.66. The van der Waals surface area contributed by atoms with E-state index in [1.807, 2.05) is 4.68 Å². The molecule has 1 heterocycles. The largest absolute Gasteiger partial charge is 0.481 e. The zero-order chi connectivity index (χ0) is 16.3. The minimum absolute atomic E-state index is 0.107. The molecule has 1 aliphatic rings. The first-order valence-electron chi connectivity index (χ1n) is 8.22. The maximum absolute atomic E-state index is 11.0. The number of aromatic nitrogens is 2. The molecule has 0 atom stereocenters. The predicted octanol–water partition coefficient (Wildman–Crippen LogP) is 3.71. The van der Waals surface area contributed by atoms with Gasteiger partial charge < -0.3 is 9.84 Å². The lowest BCUT2D eigenvalue weighted by Gasteiger charge is -2.23. The van der Waals surface area contributed by atoms with E-state index < -0.39 is 5.97 Å². The van der Waals surface area contributed by atoms with Gasteiger partial charge in [0.1, 0.15) is 0 Å². The molecule has 1 saturated carbocycles. The second-order valence-corrected chi connectivity index (χ2v) is 7.22. The standard InChI is InChI=1S/C17H28N2O3/c1-17(2,3)15-13(10-11-14(20)21)16(22-4)19(18-15)12-8-6-5-7-9-12/h12H,5-11H2,1-4H3,(H,20,21). The van der Waals surface area contributed by atoms with Crippen molar-refractivity contribution >= 4 is 5.97 Å². The molecule has 1 aliphatic carbocycles. The van der Waals surface area contributed by atoms with Crippen molar-refractivity contribution in [3.05, 3.63) is 11.3 Å². The zero-order valence-electron chi connectivity index (χ0n) is 14.2. The summed E-state index contributed by atoms with van der Waals surface area (Å²) in [5.41, 5.74) is 1.81. The van der Waals surface area contributed by atoms with Crippen LogP contribution in [0.15, 0.2) is 0 Å². The number of carboxylic acid groups (broad SMARTS) is 1. The van der Waals surface area contributed by atoms with E-state index in [9.17, 15) is 4.79 Å². The first-order valence-corrected chi connectivity index (χ1v) is 8.22. The van der Waals surface area contributed by atoms with Gasteiger partial charge in [-0.3, -0.25) is 4.79 Å². The van der Waals surface area contributed by atoms with Gasteiger partial charge >= 0.3 is 5.97 Å². The number of aliphatic carboxylic acids is 1. The molecule has 1 N–H and O–H groups in total. The van der Waals surface area contributed by atoms with Gasteiger partial charge in [-0.2, -0.15) is 5.10 Å². The van der Waals surface area contributed by atoms with Crippen LogP contribution in [0.2, 0.25) is 0 Å². The van der Waals surface area contributed by atoms with Crippen LogP contribution in [-0.2, 0) is 16.6 Å². The quantitative estimate of drug-likeness (QED) is 0.900. The average molecular weight is 308 g/mol. The Morgan fingerprint density at radius 3 is 2.45 bits per heavy atom. The lowest BCUT2D eigenvalue weighted by Crippen LogP contribution is -2.18. The summed E-state index contributed by atoms with van der Waals surface area (Å²) in [5, 5.41) is 13.9. The van der Waals surface area contributed by atoms with Crippen LogP contribution in [0.3, 0.4) is 0 Å². The van der Waals surface area contributed by atoms with Crippen molar-refractivity contribution in [3.8, 4) is 5.88 Å². The molecule has 5 heteroatoms. The van der Waals surface area contributed by atoms with Gasteiger partial charge in [-0.1, -0.05) is 40.0 Å². The lowest BCUT2D eigenvalue weighted by molar-refractivity contribution is -0.136. The van der Waals surface area contributed by atoms with Crippen LogP contribution < -0.4 is 4.74 Å². The van der Waals surface area contributed by atoms with Gasteiger partial charge in [-0.05, 0) is 19.3 Å². The SMILES string of the molecule is COc1c(CCC(=O)O)c(C(C)(C)C)nn1C1CCCCC1. The normalized spacial score (nSPS) is 16.7. The number of nitrogens with zero attached hydrogens (tertiary/aromatic N) is 2. The zero-order valence-corrected chi connectivity index (χ0v) is 14.2. The monoisotopic (exact) mass is 308 g/mol.